The van der Waals surface area contributed by atoms with Gasteiger partial charge in [0.25, 0.3) is 0 Å². The van der Waals surface area contributed by atoms with Gasteiger partial charge in [-0.3, -0.25) is 4.68 Å². The lowest BCUT2D eigenvalue weighted by molar-refractivity contribution is 0.154. The fourth-order valence-corrected chi connectivity index (χ4v) is 1.81. The van der Waals surface area contributed by atoms with Crippen LogP contribution in [0.4, 0.5) is 0 Å². The summed E-state index contributed by atoms with van der Waals surface area (Å²) in [7, 11) is 0. The monoisotopic (exact) mass is 195 g/mol. The maximum absolute atomic E-state index is 9.32. The Labute approximate surface area is 83.7 Å². The van der Waals surface area contributed by atoms with Crippen LogP contribution >= 0.6 is 0 Å². The van der Waals surface area contributed by atoms with Gasteiger partial charge in [0.2, 0.25) is 0 Å². The molecule has 1 aliphatic carbocycles. The highest BCUT2D eigenvalue weighted by molar-refractivity contribution is 5.02. The number of rotatable bonds is 4. The minimum absolute atomic E-state index is 0.0387. The summed E-state index contributed by atoms with van der Waals surface area (Å²) < 4.78 is 1.87. The van der Waals surface area contributed by atoms with E-state index in [4.69, 9.17) is 5.73 Å². The van der Waals surface area contributed by atoms with Crippen LogP contribution in [0.5, 0.6) is 0 Å². The molecule has 0 saturated heterocycles. The number of aryl methyl sites for hydroxylation is 1. The Hall–Kier alpha value is -0.870. The molecule has 1 unspecified atom stereocenters. The zero-order valence-corrected chi connectivity index (χ0v) is 8.48. The summed E-state index contributed by atoms with van der Waals surface area (Å²) in [5.74, 6) is 0.469. The smallest absolute Gasteiger partial charge is 0.0632 e. The summed E-state index contributed by atoms with van der Waals surface area (Å²) >= 11 is 0. The van der Waals surface area contributed by atoms with Crippen molar-refractivity contribution in [2.45, 2.75) is 31.8 Å². The van der Waals surface area contributed by atoms with Crippen molar-refractivity contribution in [2.75, 3.05) is 6.61 Å². The van der Waals surface area contributed by atoms with Crippen molar-refractivity contribution >= 4 is 0 Å². The number of hydrogen-bond donors (Lipinski definition) is 2. The molecule has 4 nitrogen and oxygen atoms in total. The van der Waals surface area contributed by atoms with Gasteiger partial charge >= 0.3 is 0 Å². The molecule has 2 rings (SSSR count). The first kappa shape index (κ1) is 9.68. The molecule has 0 bridgehead atoms. The topological polar surface area (TPSA) is 64.1 Å². The molecule has 1 heterocycles. The van der Waals surface area contributed by atoms with E-state index in [1.165, 1.54) is 0 Å². The first-order valence-electron chi connectivity index (χ1n) is 5.04. The molecule has 14 heavy (non-hydrogen) atoms. The number of aliphatic hydroxyl groups excluding tert-OH is 1. The maximum Gasteiger partial charge on any atom is 0.0632 e. The average molecular weight is 195 g/mol. The van der Waals surface area contributed by atoms with Crippen LogP contribution in [0.2, 0.25) is 0 Å². The lowest BCUT2D eigenvalue weighted by Gasteiger charge is -2.27. The predicted molar refractivity (Wildman–Crippen MR) is 53.7 cm³/mol. The van der Waals surface area contributed by atoms with E-state index in [-0.39, 0.29) is 6.61 Å². The summed E-state index contributed by atoms with van der Waals surface area (Å²) in [5.41, 5.74) is 6.77. The molecule has 0 amide bonds. The standard InChI is InChI=1S/C10H17N3O/c1-8-4-5-12-13(8)6-10(11,7-14)9-2-3-9/h4-5,9,14H,2-3,6-7,11H2,1H3. The number of nitrogens with two attached hydrogens (primary N) is 1. The van der Waals surface area contributed by atoms with Crippen LogP contribution in [-0.4, -0.2) is 27.0 Å². The molecule has 3 N–H and O–H groups in total. The van der Waals surface area contributed by atoms with E-state index in [1.54, 1.807) is 6.20 Å². The maximum atomic E-state index is 9.32. The average Bonchev–Trinajstić information content (AvgIpc) is 2.95. The van der Waals surface area contributed by atoms with Crippen molar-refractivity contribution in [3.8, 4) is 0 Å². The van der Waals surface area contributed by atoms with E-state index >= 15 is 0 Å². The Bertz CT molecular complexity index is 319. The highest BCUT2D eigenvalue weighted by Crippen LogP contribution is 2.38. The Kier molecular flexibility index (Phi) is 2.33. The fraction of sp³-hybridized carbons (Fsp3) is 0.700. The molecule has 1 aromatic rings. The Morgan fingerprint density at radius 3 is 2.86 bits per heavy atom. The van der Waals surface area contributed by atoms with Crippen LogP contribution in [0.1, 0.15) is 18.5 Å². The van der Waals surface area contributed by atoms with Crippen LogP contribution in [0.15, 0.2) is 12.3 Å². The summed E-state index contributed by atoms with van der Waals surface area (Å²) in [4.78, 5) is 0. The molecule has 78 valence electrons. The van der Waals surface area contributed by atoms with Crippen LogP contribution in [0.25, 0.3) is 0 Å². The zero-order chi connectivity index (χ0) is 10.2. The molecule has 0 spiro atoms. The third-order valence-electron chi connectivity index (χ3n) is 3.06. The van der Waals surface area contributed by atoms with E-state index in [0.29, 0.717) is 12.5 Å². The van der Waals surface area contributed by atoms with Crippen molar-refractivity contribution in [2.24, 2.45) is 11.7 Å². The van der Waals surface area contributed by atoms with E-state index in [9.17, 15) is 5.11 Å². The van der Waals surface area contributed by atoms with Crippen molar-refractivity contribution in [3.05, 3.63) is 18.0 Å². The fourth-order valence-electron chi connectivity index (χ4n) is 1.81. The van der Waals surface area contributed by atoms with E-state index < -0.39 is 5.54 Å². The van der Waals surface area contributed by atoms with Crippen molar-refractivity contribution in [1.29, 1.82) is 0 Å². The second-order valence-corrected chi connectivity index (χ2v) is 4.30. The molecule has 1 aromatic heterocycles. The molecule has 4 heteroatoms. The van der Waals surface area contributed by atoms with Crippen molar-refractivity contribution in [3.63, 3.8) is 0 Å². The zero-order valence-electron chi connectivity index (χ0n) is 8.48. The van der Waals surface area contributed by atoms with Gasteiger partial charge in [0.1, 0.15) is 0 Å². The van der Waals surface area contributed by atoms with Gasteiger partial charge in [-0.25, -0.2) is 0 Å². The Morgan fingerprint density at radius 1 is 1.71 bits per heavy atom. The molecule has 1 fully saturated rings. The minimum Gasteiger partial charge on any atom is -0.394 e. The third-order valence-corrected chi connectivity index (χ3v) is 3.06. The quantitative estimate of drug-likeness (QED) is 0.726. The Morgan fingerprint density at radius 2 is 2.43 bits per heavy atom. The van der Waals surface area contributed by atoms with Gasteiger partial charge in [-0.1, -0.05) is 0 Å². The van der Waals surface area contributed by atoms with Crippen LogP contribution in [0, 0.1) is 12.8 Å². The Balaban J connectivity index is 2.11. The van der Waals surface area contributed by atoms with Gasteiger partial charge in [0.15, 0.2) is 0 Å². The van der Waals surface area contributed by atoms with Crippen LogP contribution in [-0.2, 0) is 6.54 Å². The molecular formula is C10H17N3O. The van der Waals surface area contributed by atoms with Crippen molar-refractivity contribution < 1.29 is 5.11 Å². The summed E-state index contributed by atoms with van der Waals surface area (Å²) in [6.45, 7) is 2.65. The lowest BCUT2D eigenvalue weighted by Crippen LogP contribution is -2.50. The van der Waals surface area contributed by atoms with Gasteiger partial charge in [-0.15, -0.1) is 0 Å². The molecule has 1 aliphatic rings. The van der Waals surface area contributed by atoms with Gasteiger partial charge in [0.05, 0.1) is 18.7 Å². The highest BCUT2D eigenvalue weighted by Gasteiger charge is 2.42. The summed E-state index contributed by atoms with van der Waals surface area (Å²) in [5, 5.41) is 13.5. The number of aromatic nitrogens is 2. The lowest BCUT2D eigenvalue weighted by atomic mass is 9.96. The number of aliphatic hydroxyl groups is 1. The second kappa shape index (κ2) is 3.37. The second-order valence-electron chi connectivity index (χ2n) is 4.30. The van der Waals surface area contributed by atoms with Gasteiger partial charge < -0.3 is 10.8 Å². The minimum atomic E-state index is -0.475. The first-order valence-corrected chi connectivity index (χ1v) is 5.04. The van der Waals surface area contributed by atoms with Gasteiger partial charge in [-0.2, -0.15) is 5.10 Å². The van der Waals surface area contributed by atoms with Crippen LogP contribution < -0.4 is 5.73 Å². The molecule has 0 aliphatic heterocycles. The molecular weight excluding hydrogens is 178 g/mol. The van der Waals surface area contributed by atoms with Crippen LogP contribution in [0.3, 0.4) is 0 Å². The highest BCUT2D eigenvalue weighted by atomic mass is 16.3. The first-order chi connectivity index (χ1) is 6.65. The van der Waals surface area contributed by atoms with Gasteiger partial charge in [0, 0.05) is 11.9 Å². The normalized spacial score (nSPS) is 20.8. The molecule has 0 radical (unpaired) electrons. The SMILES string of the molecule is Cc1ccnn1CC(N)(CO)C1CC1. The third kappa shape index (κ3) is 1.67. The van der Waals surface area contributed by atoms with Crippen molar-refractivity contribution in [1.82, 2.24) is 9.78 Å². The molecule has 0 aromatic carbocycles. The largest absolute Gasteiger partial charge is 0.394 e. The van der Waals surface area contributed by atoms with Gasteiger partial charge in [-0.05, 0) is 31.7 Å². The molecule has 1 atom stereocenters. The summed E-state index contributed by atoms with van der Waals surface area (Å²) in [6.07, 6.45) is 4.04. The van der Waals surface area contributed by atoms with E-state index in [0.717, 1.165) is 18.5 Å². The number of hydrogen-bond acceptors (Lipinski definition) is 3. The molecule has 1 saturated carbocycles. The predicted octanol–water partition coefficient (Wildman–Crippen LogP) is 0.291. The summed E-state index contributed by atoms with van der Waals surface area (Å²) in [6, 6.07) is 1.95. The van der Waals surface area contributed by atoms with E-state index in [2.05, 4.69) is 5.10 Å². The van der Waals surface area contributed by atoms with E-state index in [1.807, 2.05) is 17.7 Å². The number of nitrogens with zero attached hydrogens (tertiary/aromatic N) is 2.